The van der Waals surface area contributed by atoms with Crippen molar-refractivity contribution in [3.05, 3.63) is 24.5 Å². The number of hydrogen-bond donors (Lipinski definition) is 2. The third-order valence-electron chi connectivity index (χ3n) is 2.54. The summed E-state index contributed by atoms with van der Waals surface area (Å²) in [6, 6.07) is 3.58. The minimum absolute atomic E-state index is 0.0411. The largest absolute Gasteiger partial charge is 0.353 e. The number of amides is 1. The molecule has 0 spiro atoms. The number of carbonyl (C=O) groups is 1. The molecule has 3 N–H and O–H groups in total. The maximum atomic E-state index is 11.5. The smallest absolute Gasteiger partial charge is 0.236 e. The van der Waals surface area contributed by atoms with Gasteiger partial charge < -0.3 is 15.6 Å². The maximum Gasteiger partial charge on any atom is 0.236 e. The van der Waals surface area contributed by atoms with Crippen LogP contribution in [-0.2, 0) is 11.3 Å². The number of unbranched alkanes of at least 4 members (excludes halogenated alkanes) is 1. The Morgan fingerprint density at radius 2 is 2.12 bits per heavy atom. The van der Waals surface area contributed by atoms with Crippen LogP contribution in [0.5, 0.6) is 0 Å². The molecule has 0 radical (unpaired) electrons. The number of hydrogen-bond acceptors (Lipinski definition) is 2. The highest BCUT2D eigenvalue weighted by Crippen LogP contribution is 1.97. The molecular formula is C12H21N3O. The van der Waals surface area contributed by atoms with Gasteiger partial charge in [0.2, 0.25) is 5.91 Å². The first-order valence-corrected chi connectivity index (χ1v) is 5.88. The highest BCUT2D eigenvalue weighted by Gasteiger charge is 2.11. The molecule has 16 heavy (non-hydrogen) atoms. The zero-order valence-electron chi connectivity index (χ0n) is 9.86. The second-order valence-corrected chi connectivity index (χ2v) is 3.96. The van der Waals surface area contributed by atoms with Crippen LogP contribution in [0, 0.1) is 0 Å². The molecule has 0 aliphatic heterocycles. The van der Waals surface area contributed by atoms with E-state index in [2.05, 4.69) is 12.2 Å². The fraction of sp³-hybridized carbons (Fsp3) is 0.583. The van der Waals surface area contributed by atoms with Crippen LogP contribution in [0.1, 0.15) is 26.2 Å². The zero-order chi connectivity index (χ0) is 11.8. The van der Waals surface area contributed by atoms with Crippen LogP contribution in [0.2, 0.25) is 0 Å². The summed E-state index contributed by atoms with van der Waals surface area (Å²) in [7, 11) is 0. The fourth-order valence-corrected chi connectivity index (χ4v) is 1.51. The summed E-state index contributed by atoms with van der Waals surface area (Å²) in [6.45, 7) is 3.52. The second kappa shape index (κ2) is 7.06. The van der Waals surface area contributed by atoms with E-state index in [9.17, 15) is 4.79 Å². The number of nitrogens with zero attached hydrogens (tertiary/aromatic N) is 1. The molecule has 1 unspecified atom stereocenters. The van der Waals surface area contributed by atoms with E-state index in [1.807, 2.05) is 29.1 Å². The van der Waals surface area contributed by atoms with Crippen molar-refractivity contribution in [3.8, 4) is 0 Å². The van der Waals surface area contributed by atoms with Gasteiger partial charge in [-0.15, -0.1) is 0 Å². The van der Waals surface area contributed by atoms with Gasteiger partial charge in [0.25, 0.3) is 0 Å². The van der Waals surface area contributed by atoms with Gasteiger partial charge in [0, 0.05) is 25.5 Å². The SMILES string of the molecule is CCCCC(N)C(=O)NCCn1cccc1. The van der Waals surface area contributed by atoms with Gasteiger partial charge in [-0.3, -0.25) is 4.79 Å². The van der Waals surface area contributed by atoms with Gasteiger partial charge in [0.15, 0.2) is 0 Å². The van der Waals surface area contributed by atoms with Gasteiger partial charge in [-0.1, -0.05) is 19.8 Å². The van der Waals surface area contributed by atoms with Crippen molar-refractivity contribution in [2.75, 3.05) is 6.54 Å². The highest BCUT2D eigenvalue weighted by atomic mass is 16.2. The van der Waals surface area contributed by atoms with Gasteiger partial charge in [-0.2, -0.15) is 0 Å². The van der Waals surface area contributed by atoms with Gasteiger partial charge in [0.1, 0.15) is 0 Å². The number of carbonyl (C=O) groups excluding carboxylic acids is 1. The van der Waals surface area contributed by atoms with Crippen LogP contribution in [0.3, 0.4) is 0 Å². The van der Waals surface area contributed by atoms with Crippen LogP contribution in [-0.4, -0.2) is 23.1 Å². The van der Waals surface area contributed by atoms with E-state index in [0.29, 0.717) is 6.54 Å². The average Bonchev–Trinajstić information content (AvgIpc) is 2.78. The Balaban J connectivity index is 2.14. The molecule has 1 atom stereocenters. The summed E-state index contributed by atoms with van der Waals surface area (Å²) in [5.74, 6) is -0.0411. The molecule has 4 nitrogen and oxygen atoms in total. The predicted molar refractivity (Wildman–Crippen MR) is 64.9 cm³/mol. The summed E-state index contributed by atoms with van der Waals surface area (Å²) >= 11 is 0. The first kappa shape index (κ1) is 12.8. The molecule has 0 saturated carbocycles. The van der Waals surface area contributed by atoms with E-state index in [0.717, 1.165) is 25.8 Å². The number of aromatic nitrogens is 1. The van der Waals surface area contributed by atoms with E-state index >= 15 is 0 Å². The molecular weight excluding hydrogens is 202 g/mol. The van der Waals surface area contributed by atoms with Crippen molar-refractivity contribution >= 4 is 5.91 Å². The van der Waals surface area contributed by atoms with Gasteiger partial charge >= 0.3 is 0 Å². The molecule has 1 heterocycles. The minimum atomic E-state index is -0.357. The summed E-state index contributed by atoms with van der Waals surface area (Å²) in [5, 5.41) is 2.84. The molecule has 4 heteroatoms. The first-order valence-electron chi connectivity index (χ1n) is 5.88. The van der Waals surface area contributed by atoms with Crippen molar-refractivity contribution in [2.45, 2.75) is 38.8 Å². The zero-order valence-corrected chi connectivity index (χ0v) is 9.86. The Bertz CT molecular complexity index is 295. The lowest BCUT2D eigenvalue weighted by Crippen LogP contribution is -2.41. The molecule has 1 aromatic heterocycles. The lowest BCUT2D eigenvalue weighted by molar-refractivity contribution is -0.122. The molecule has 0 saturated heterocycles. The fourth-order valence-electron chi connectivity index (χ4n) is 1.51. The Kier molecular flexibility index (Phi) is 5.64. The van der Waals surface area contributed by atoms with Gasteiger partial charge in [-0.25, -0.2) is 0 Å². The van der Waals surface area contributed by atoms with Crippen LogP contribution in [0.15, 0.2) is 24.5 Å². The monoisotopic (exact) mass is 223 g/mol. The molecule has 0 aliphatic rings. The van der Waals surface area contributed by atoms with Gasteiger partial charge in [0.05, 0.1) is 6.04 Å². The molecule has 1 amide bonds. The quantitative estimate of drug-likeness (QED) is 0.727. The van der Waals surface area contributed by atoms with Crippen LogP contribution >= 0.6 is 0 Å². The summed E-state index contributed by atoms with van der Waals surface area (Å²) in [5.41, 5.74) is 5.74. The van der Waals surface area contributed by atoms with Crippen molar-refractivity contribution in [1.29, 1.82) is 0 Å². The topological polar surface area (TPSA) is 60.1 Å². The number of nitrogens with one attached hydrogen (secondary N) is 1. The molecule has 0 fully saturated rings. The predicted octanol–water partition coefficient (Wildman–Crippen LogP) is 1.12. The number of nitrogens with two attached hydrogens (primary N) is 1. The Hall–Kier alpha value is -1.29. The normalized spacial score (nSPS) is 12.4. The summed E-state index contributed by atoms with van der Waals surface area (Å²) in [4.78, 5) is 11.5. The van der Waals surface area contributed by atoms with E-state index < -0.39 is 0 Å². The molecule has 90 valence electrons. The second-order valence-electron chi connectivity index (χ2n) is 3.96. The average molecular weight is 223 g/mol. The third kappa shape index (κ3) is 4.49. The Morgan fingerprint density at radius 1 is 1.44 bits per heavy atom. The van der Waals surface area contributed by atoms with Crippen molar-refractivity contribution in [2.24, 2.45) is 5.73 Å². The van der Waals surface area contributed by atoms with E-state index in [1.54, 1.807) is 0 Å². The van der Waals surface area contributed by atoms with Crippen molar-refractivity contribution < 1.29 is 4.79 Å². The Morgan fingerprint density at radius 3 is 2.75 bits per heavy atom. The molecule has 1 aromatic rings. The lowest BCUT2D eigenvalue weighted by atomic mass is 10.1. The van der Waals surface area contributed by atoms with Crippen LogP contribution in [0.25, 0.3) is 0 Å². The van der Waals surface area contributed by atoms with E-state index in [1.165, 1.54) is 0 Å². The summed E-state index contributed by atoms with van der Waals surface area (Å²) in [6.07, 6.45) is 6.80. The van der Waals surface area contributed by atoms with Crippen molar-refractivity contribution in [1.82, 2.24) is 9.88 Å². The van der Waals surface area contributed by atoms with Gasteiger partial charge in [-0.05, 0) is 18.6 Å². The standard InChI is InChI=1S/C12H21N3O/c1-2-3-6-11(13)12(16)14-7-10-15-8-4-5-9-15/h4-5,8-9,11H,2-3,6-7,10,13H2,1H3,(H,14,16). The molecule has 0 bridgehead atoms. The van der Waals surface area contributed by atoms with Crippen LogP contribution in [0.4, 0.5) is 0 Å². The Labute approximate surface area is 96.8 Å². The molecule has 1 rings (SSSR count). The highest BCUT2D eigenvalue weighted by molar-refractivity contribution is 5.81. The molecule has 0 aliphatic carbocycles. The lowest BCUT2D eigenvalue weighted by Gasteiger charge is -2.11. The van der Waals surface area contributed by atoms with Crippen LogP contribution < -0.4 is 11.1 Å². The van der Waals surface area contributed by atoms with E-state index in [4.69, 9.17) is 5.73 Å². The van der Waals surface area contributed by atoms with Crippen molar-refractivity contribution in [3.63, 3.8) is 0 Å². The maximum absolute atomic E-state index is 11.5. The summed E-state index contributed by atoms with van der Waals surface area (Å²) < 4.78 is 2.03. The first-order chi connectivity index (χ1) is 7.74. The van der Waals surface area contributed by atoms with E-state index in [-0.39, 0.29) is 11.9 Å². The third-order valence-corrected chi connectivity index (χ3v) is 2.54. The molecule has 0 aromatic carbocycles. The number of rotatable bonds is 7. The minimum Gasteiger partial charge on any atom is -0.353 e.